The molecule has 39 heavy (non-hydrogen) atoms. The fourth-order valence-electron chi connectivity index (χ4n) is 5.97. The largest absolute Gasteiger partial charge is 0.448 e. The van der Waals surface area contributed by atoms with Crippen LogP contribution in [-0.4, -0.2) is 53.4 Å². The number of alkyl halides is 2. The topological polar surface area (TPSA) is 83.7 Å². The Labute approximate surface area is 236 Å². The van der Waals surface area contributed by atoms with Crippen LogP contribution < -0.4 is 20.3 Å². The average molecular weight is 582 g/mol. The third-order valence-electron chi connectivity index (χ3n) is 8.19. The Kier molecular flexibility index (Phi) is 7.67. The number of hydrogen-bond acceptors (Lipinski definition) is 6. The van der Waals surface area contributed by atoms with Crippen molar-refractivity contribution in [3.8, 4) is 11.5 Å². The van der Waals surface area contributed by atoms with E-state index < -0.39 is 11.7 Å². The number of aryl methyl sites for hydroxylation is 1. The van der Waals surface area contributed by atoms with Crippen LogP contribution in [0.3, 0.4) is 0 Å². The van der Waals surface area contributed by atoms with Crippen LogP contribution in [0, 0.1) is 25.7 Å². The summed E-state index contributed by atoms with van der Waals surface area (Å²) in [6, 6.07) is 3.46. The summed E-state index contributed by atoms with van der Waals surface area (Å²) in [5.74, 6) is -2.77. The molecule has 1 atom stereocenters. The molecule has 5 rings (SSSR count). The molecule has 0 radical (unpaired) electrons. The number of nitrogens with zero attached hydrogens (tertiary/aromatic N) is 1. The van der Waals surface area contributed by atoms with Gasteiger partial charge in [0.1, 0.15) is 0 Å². The molecule has 2 N–H and O–H groups in total. The highest BCUT2D eigenvalue weighted by Gasteiger charge is 2.49. The Morgan fingerprint density at radius 1 is 1.21 bits per heavy atom. The molecule has 2 fully saturated rings. The van der Waals surface area contributed by atoms with Crippen LogP contribution in [0.4, 0.5) is 8.78 Å². The van der Waals surface area contributed by atoms with E-state index in [0.717, 1.165) is 36.5 Å². The summed E-state index contributed by atoms with van der Waals surface area (Å²) < 4.78 is 39.1. The number of benzene rings is 1. The number of hydrogen-bond donors (Lipinski definition) is 2. The number of aromatic amines is 1. The lowest BCUT2D eigenvalue weighted by Crippen LogP contribution is -2.50. The third-order valence-corrected chi connectivity index (χ3v) is 9.27. The number of piperidine rings is 1. The summed E-state index contributed by atoms with van der Waals surface area (Å²) in [4.78, 5) is 31.5. The van der Waals surface area contributed by atoms with Gasteiger partial charge in [-0.1, -0.05) is 11.6 Å². The van der Waals surface area contributed by atoms with Gasteiger partial charge in [0.2, 0.25) is 5.92 Å². The second-order valence-electron chi connectivity index (χ2n) is 11.1. The van der Waals surface area contributed by atoms with Gasteiger partial charge in [0, 0.05) is 66.1 Å². The molecule has 3 aliphatic rings. The van der Waals surface area contributed by atoms with Crippen molar-refractivity contribution in [2.45, 2.75) is 69.6 Å². The molecule has 1 amide bonds. The van der Waals surface area contributed by atoms with E-state index in [1.54, 1.807) is 13.0 Å². The molecule has 7 nitrogen and oxygen atoms in total. The molecule has 2 aliphatic heterocycles. The number of carbonyl (C=O) groups is 1. The van der Waals surface area contributed by atoms with Crippen LogP contribution in [0.1, 0.15) is 59.8 Å². The second-order valence-corrected chi connectivity index (χ2v) is 12.4. The van der Waals surface area contributed by atoms with Gasteiger partial charge < -0.3 is 24.7 Å². The fraction of sp³-hybridized carbons (Fsp3) is 0.571. The maximum absolute atomic E-state index is 13.2. The number of amides is 1. The molecule has 11 heteroatoms. The molecule has 1 unspecified atom stereocenters. The lowest BCUT2D eigenvalue weighted by Gasteiger charge is -2.42. The van der Waals surface area contributed by atoms with Crippen molar-refractivity contribution in [1.29, 1.82) is 0 Å². The number of likely N-dealkylation sites (tertiary alicyclic amines) is 1. The highest BCUT2D eigenvalue weighted by atomic mass is 35.5. The predicted molar refractivity (Wildman–Crippen MR) is 147 cm³/mol. The quantitative estimate of drug-likeness (QED) is 0.418. The lowest BCUT2D eigenvalue weighted by atomic mass is 9.80. The molecule has 1 aromatic heterocycles. The smallest absolute Gasteiger partial charge is 0.254 e. The first-order valence-electron chi connectivity index (χ1n) is 13.3. The van der Waals surface area contributed by atoms with E-state index in [4.69, 9.17) is 21.1 Å². The van der Waals surface area contributed by atoms with E-state index in [1.165, 1.54) is 11.8 Å². The van der Waals surface area contributed by atoms with Crippen molar-refractivity contribution in [1.82, 2.24) is 15.2 Å². The zero-order valence-electron chi connectivity index (χ0n) is 22.6. The minimum absolute atomic E-state index is 0.0138. The van der Waals surface area contributed by atoms with Gasteiger partial charge in [0.05, 0.1) is 5.02 Å². The number of carbonyl (C=O) groups excluding carboxylic acids is 1. The van der Waals surface area contributed by atoms with E-state index >= 15 is 0 Å². The molecular formula is C28H34ClF2N3O4S. The van der Waals surface area contributed by atoms with E-state index in [-0.39, 0.29) is 47.7 Å². The molecule has 1 saturated heterocycles. The summed E-state index contributed by atoms with van der Waals surface area (Å²) in [6.45, 7) is 7.87. The predicted octanol–water partition coefficient (Wildman–Crippen LogP) is 5.54. The third kappa shape index (κ3) is 5.65. The van der Waals surface area contributed by atoms with Gasteiger partial charge in [-0.2, -0.15) is 0 Å². The second kappa shape index (κ2) is 10.6. The zero-order valence-corrected chi connectivity index (χ0v) is 24.2. The van der Waals surface area contributed by atoms with Gasteiger partial charge in [-0.05, 0) is 64.1 Å². The maximum Gasteiger partial charge on any atom is 0.254 e. The number of thioether (sulfide) groups is 1. The van der Waals surface area contributed by atoms with Gasteiger partial charge in [-0.15, -0.1) is 11.8 Å². The molecule has 1 aromatic carbocycles. The van der Waals surface area contributed by atoms with Crippen molar-refractivity contribution in [3.63, 3.8) is 0 Å². The van der Waals surface area contributed by atoms with Crippen molar-refractivity contribution in [2.24, 2.45) is 11.8 Å². The zero-order chi connectivity index (χ0) is 28.1. The van der Waals surface area contributed by atoms with Gasteiger partial charge in [-0.25, -0.2) is 8.78 Å². The van der Waals surface area contributed by atoms with Gasteiger partial charge in [0.25, 0.3) is 17.3 Å². The Morgan fingerprint density at radius 3 is 2.51 bits per heavy atom. The molecule has 3 heterocycles. The first-order chi connectivity index (χ1) is 18.4. The summed E-state index contributed by atoms with van der Waals surface area (Å²) >= 11 is 8.03. The molecular weight excluding hydrogens is 548 g/mol. The molecule has 2 aromatic rings. The van der Waals surface area contributed by atoms with Gasteiger partial charge in [-0.3, -0.25) is 9.59 Å². The Bertz CT molecular complexity index is 1340. The molecule has 0 bridgehead atoms. The van der Waals surface area contributed by atoms with Crippen LogP contribution in [0.15, 0.2) is 21.8 Å². The van der Waals surface area contributed by atoms with Crippen LogP contribution in [-0.2, 0) is 6.54 Å². The van der Waals surface area contributed by atoms with E-state index in [2.05, 4.69) is 15.2 Å². The fourth-order valence-corrected chi connectivity index (χ4v) is 6.91. The summed E-state index contributed by atoms with van der Waals surface area (Å²) in [5, 5.41) is 3.13. The highest BCUT2D eigenvalue weighted by Crippen LogP contribution is 2.51. The van der Waals surface area contributed by atoms with Crippen LogP contribution >= 0.6 is 23.4 Å². The number of pyridine rings is 1. The Morgan fingerprint density at radius 2 is 1.87 bits per heavy atom. The number of fused-ring (bicyclic) bond motifs is 1. The van der Waals surface area contributed by atoms with Crippen molar-refractivity contribution in [2.75, 3.05) is 25.9 Å². The standard InChI is InChI=1S/C28H34ClF2N3O4S/c1-15-9-22(39-4)20(26(36)33-15)13-32-25(35)19-10-21(29)24-23(16(19)2)37-27(3,38-24)18-5-7-34(8-6-18)14-17-11-28(30,31)12-17/h9-10,17-18H,5-8,11-14H2,1-4H3,(H,32,35)(H,33,36). The number of halogens is 3. The van der Waals surface area contributed by atoms with Crippen molar-refractivity contribution < 1.29 is 23.0 Å². The Hall–Kier alpha value is -2.30. The highest BCUT2D eigenvalue weighted by molar-refractivity contribution is 7.98. The van der Waals surface area contributed by atoms with E-state index in [0.29, 0.717) is 34.7 Å². The van der Waals surface area contributed by atoms with E-state index in [9.17, 15) is 18.4 Å². The minimum Gasteiger partial charge on any atom is -0.448 e. The average Bonchev–Trinajstić information content (AvgIpc) is 3.24. The normalized spacial score (nSPS) is 23.1. The molecule has 212 valence electrons. The van der Waals surface area contributed by atoms with Crippen LogP contribution in [0.25, 0.3) is 0 Å². The molecule has 0 spiro atoms. The van der Waals surface area contributed by atoms with E-state index in [1.807, 2.05) is 26.2 Å². The number of rotatable bonds is 7. The molecule has 1 saturated carbocycles. The first kappa shape index (κ1) is 28.2. The number of ether oxygens (including phenoxy) is 2. The number of aromatic nitrogens is 1. The Balaban J connectivity index is 1.25. The van der Waals surface area contributed by atoms with Crippen LogP contribution in [0.5, 0.6) is 11.5 Å². The molecule has 1 aliphatic carbocycles. The number of nitrogens with one attached hydrogen (secondary N) is 2. The maximum atomic E-state index is 13.2. The minimum atomic E-state index is -2.49. The van der Waals surface area contributed by atoms with Gasteiger partial charge in [0.15, 0.2) is 11.5 Å². The monoisotopic (exact) mass is 581 g/mol. The SMILES string of the molecule is CSc1cc(C)[nH]c(=O)c1CNC(=O)c1cc(Cl)c2c(c1C)OC(C)(C1CCN(CC3CC(F)(F)C3)CC1)O2. The first-order valence-corrected chi connectivity index (χ1v) is 14.9. The lowest BCUT2D eigenvalue weighted by molar-refractivity contribution is -0.134. The summed E-state index contributed by atoms with van der Waals surface area (Å²) in [7, 11) is 0. The van der Waals surface area contributed by atoms with Crippen molar-refractivity contribution >= 4 is 29.3 Å². The number of H-pyrrole nitrogens is 1. The van der Waals surface area contributed by atoms with Gasteiger partial charge >= 0.3 is 0 Å². The van der Waals surface area contributed by atoms with Crippen molar-refractivity contribution in [3.05, 3.63) is 49.9 Å². The summed E-state index contributed by atoms with van der Waals surface area (Å²) in [6.07, 6.45) is 3.47. The van der Waals surface area contributed by atoms with Crippen LogP contribution in [0.2, 0.25) is 5.02 Å². The summed E-state index contributed by atoms with van der Waals surface area (Å²) in [5.41, 5.74) is 1.99.